The van der Waals surface area contributed by atoms with Gasteiger partial charge in [0.15, 0.2) is 6.61 Å². The Bertz CT molecular complexity index is 899. The molecule has 2 aromatic heterocycles. The number of rotatable bonds is 6. The highest BCUT2D eigenvalue weighted by Crippen LogP contribution is 2.30. The van der Waals surface area contributed by atoms with E-state index in [1.165, 1.54) is 4.68 Å². The van der Waals surface area contributed by atoms with E-state index in [0.717, 1.165) is 0 Å². The van der Waals surface area contributed by atoms with Crippen LogP contribution >= 0.6 is 0 Å². The molecule has 0 amide bonds. The predicted octanol–water partition coefficient (Wildman–Crippen LogP) is 2.65. The topological polar surface area (TPSA) is 121 Å². The van der Waals surface area contributed by atoms with Crippen LogP contribution in [0.2, 0.25) is 0 Å². The zero-order chi connectivity index (χ0) is 18.0. The Kier molecular flexibility index (Phi) is 4.33. The molecule has 0 atom stereocenters. The van der Waals surface area contributed by atoms with E-state index in [1.807, 2.05) is 0 Å². The van der Waals surface area contributed by atoms with E-state index < -0.39 is 4.92 Å². The summed E-state index contributed by atoms with van der Waals surface area (Å²) < 4.78 is 11.9. The van der Waals surface area contributed by atoms with Crippen molar-refractivity contribution in [1.82, 2.24) is 19.9 Å². The van der Waals surface area contributed by atoms with E-state index >= 15 is 0 Å². The fraction of sp³-hybridized carbons (Fsp3) is 0.267. The first kappa shape index (κ1) is 16.4. The quantitative estimate of drug-likeness (QED) is 0.535. The van der Waals surface area contributed by atoms with E-state index in [1.54, 1.807) is 45.2 Å². The van der Waals surface area contributed by atoms with Crippen LogP contribution in [-0.2, 0) is 13.7 Å². The van der Waals surface area contributed by atoms with E-state index in [2.05, 4.69) is 20.6 Å². The van der Waals surface area contributed by atoms with Gasteiger partial charge in [-0.1, -0.05) is 5.16 Å². The highest BCUT2D eigenvalue weighted by atomic mass is 16.6. The molecule has 0 aliphatic heterocycles. The van der Waals surface area contributed by atoms with Gasteiger partial charge in [0.2, 0.25) is 17.5 Å². The van der Waals surface area contributed by atoms with Crippen molar-refractivity contribution < 1.29 is 14.2 Å². The van der Waals surface area contributed by atoms with Crippen molar-refractivity contribution in [3.8, 4) is 5.75 Å². The van der Waals surface area contributed by atoms with Gasteiger partial charge in [-0.25, -0.2) is 4.68 Å². The van der Waals surface area contributed by atoms with Crippen LogP contribution in [0.1, 0.15) is 17.4 Å². The number of hydrogen-bond acceptors (Lipinski definition) is 8. The minimum Gasteiger partial charge on any atom is -0.485 e. The summed E-state index contributed by atoms with van der Waals surface area (Å²) in [7, 11) is 1.65. The van der Waals surface area contributed by atoms with Gasteiger partial charge in [0.05, 0.1) is 4.92 Å². The Hall–Kier alpha value is -3.43. The lowest BCUT2D eigenvalue weighted by atomic mass is 10.3. The van der Waals surface area contributed by atoms with Gasteiger partial charge in [-0.3, -0.25) is 10.1 Å². The average molecular weight is 344 g/mol. The molecule has 0 saturated carbocycles. The summed E-state index contributed by atoms with van der Waals surface area (Å²) in [6.45, 7) is 3.49. The fourth-order valence-electron chi connectivity index (χ4n) is 2.32. The van der Waals surface area contributed by atoms with Gasteiger partial charge < -0.3 is 14.6 Å². The number of anilines is 2. The molecule has 0 aliphatic carbocycles. The lowest BCUT2D eigenvalue weighted by Crippen LogP contribution is -2.02. The number of hydrogen-bond donors (Lipinski definition) is 1. The monoisotopic (exact) mass is 344 g/mol. The molecule has 0 spiro atoms. The molecule has 3 aromatic rings. The van der Waals surface area contributed by atoms with Crippen LogP contribution in [0, 0.1) is 24.0 Å². The maximum absolute atomic E-state index is 11.2. The normalized spacial score (nSPS) is 10.7. The molecule has 0 unspecified atom stereocenters. The smallest absolute Gasteiger partial charge is 0.334 e. The summed E-state index contributed by atoms with van der Waals surface area (Å²) in [6.07, 6.45) is 0. The highest BCUT2D eigenvalue weighted by molar-refractivity contribution is 5.67. The number of nitrogens with zero attached hydrogens (tertiary/aromatic N) is 5. The van der Waals surface area contributed by atoms with Crippen molar-refractivity contribution in [3.05, 3.63) is 51.8 Å². The average Bonchev–Trinajstić information content (AvgIpc) is 3.10. The minimum absolute atomic E-state index is 0.0460. The Labute approximate surface area is 142 Å². The van der Waals surface area contributed by atoms with Crippen LogP contribution in [0.15, 0.2) is 28.8 Å². The van der Waals surface area contributed by atoms with Gasteiger partial charge in [-0.05, 0) is 31.2 Å². The second-order valence-electron chi connectivity index (χ2n) is 5.33. The largest absolute Gasteiger partial charge is 0.485 e. The summed E-state index contributed by atoms with van der Waals surface area (Å²) in [5.41, 5.74) is 0.981. The first-order valence-electron chi connectivity index (χ1n) is 7.41. The van der Waals surface area contributed by atoms with Crippen molar-refractivity contribution in [1.29, 1.82) is 0 Å². The molecule has 130 valence electrons. The van der Waals surface area contributed by atoms with Crippen LogP contribution in [0.3, 0.4) is 0 Å². The predicted molar refractivity (Wildman–Crippen MR) is 87.7 cm³/mol. The van der Waals surface area contributed by atoms with E-state index in [9.17, 15) is 10.1 Å². The van der Waals surface area contributed by atoms with Crippen molar-refractivity contribution in [2.24, 2.45) is 7.05 Å². The van der Waals surface area contributed by atoms with Gasteiger partial charge in [0.25, 0.3) is 0 Å². The summed E-state index contributed by atoms with van der Waals surface area (Å²) in [6, 6.07) is 6.99. The molecule has 2 heterocycles. The zero-order valence-corrected chi connectivity index (χ0v) is 13.9. The Morgan fingerprint density at radius 3 is 2.64 bits per heavy atom. The lowest BCUT2D eigenvalue weighted by molar-refractivity contribution is -0.384. The number of benzene rings is 1. The van der Waals surface area contributed by atoms with Crippen LogP contribution in [0.5, 0.6) is 5.75 Å². The third kappa shape index (κ3) is 3.57. The molecule has 10 nitrogen and oxygen atoms in total. The minimum atomic E-state index is -0.449. The molecule has 1 N–H and O–H groups in total. The van der Waals surface area contributed by atoms with Crippen LogP contribution in [0.25, 0.3) is 0 Å². The van der Waals surface area contributed by atoms with Crippen molar-refractivity contribution in [2.75, 3.05) is 5.32 Å². The third-order valence-electron chi connectivity index (χ3n) is 3.43. The van der Waals surface area contributed by atoms with Gasteiger partial charge >= 0.3 is 5.69 Å². The lowest BCUT2D eigenvalue weighted by Gasteiger charge is -2.08. The molecule has 0 saturated heterocycles. The summed E-state index contributed by atoms with van der Waals surface area (Å²) in [4.78, 5) is 14.8. The molecular weight excluding hydrogens is 328 g/mol. The first-order valence-corrected chi connectivity index (χ1v) is 7.41. The van der Waals surface area contributed by atoms with Crippen molar-refractivity contribution >= 4 is 17.2 Å². The molecule has 0 fully saturated rings. The Morgan fingerprint density at radius 2 is 2.04 bits per heavy atom. The molecule has 10 heteroatoms. The van der Waals surface area contributed by atoms with Crippen molar-refractivity contribution in [2.45, 2.75) is 20.5 Å². The highest BCUT2D eigenvalue weighted by Gasteiger charge is 2.23. The molecule has 1 aromatic carbocycles. The van der Waals surface area contributed by atoms with Crippen molar-refractivity contribution in [3.63, 3.8) is 0 Å². The van der Waals surface area contributed by atoms with Gasteiger partial charge in [-0.2, -0.15) is 10.1 Å². The van der Waals surface area contributed by atoms with Crippen LogP contribution in [0.4, 0.5) is 17.2 Å². The third-order valence-corrected chi connectivity index (χ3v) is 3.43. The summed E-state index contributed by atoms with van der Waals surface area (Å²) >= 11 is 0. The zero-order valence-electron chi connectivity index (χ0n) is 13.9. The molecule has 3 rings (SSSR count). The summed E-state index contributed by atoms with van der Waals surface area (Å²) in [5.74, 6) is 1.87. The summed E-state index contributed by atoms with van der Waals surface area (Å²) in [5, 5.41) is 22.0. The van der Waals surface area contributed by atoms with Crippen LogP contribution in [-0.4, -0.2) is 24.8 Å². The van der Waals surface area contributed by atoms with E-state index in [-0.39, 0.29) is 12.3 Å². The Balaban J connectivity index is 1.70. The first-order chi connectivity index (χ1) is 11.9. The second-order valence-corrected chi connectivity index (χ2v) is 5.33. The maximum Gasteiger partial charge on any atom is 0.334 e. The number of aryl methyl sites for hydroxylation is 3. The number of aromatic nitrogens is 4. The van der Waals surface area contributed by atoms with Gasteiger partial charge in [-0.15, -0.1) is 0 Å². The molecule has 25 heavy (non-hydrogen) atoms. The Morgan fingerprint density at radius 1 is 1.32 bits per heavy atom. The number of ether oxygens (including phenoxy) is 1. The van der Waals surface area contributed by atoms with Gasteiger partial charge in [0, 0.05) is 19.7 Å². The number of nitrogens with one attached hydrogen (secondary N) is 1. The van der Waals surface area contributed by atoms with Gasteiger partial charge in [0.1, 0.15) is 11.4 Å². The molecule has 0 radical (unpaired) electrons. The second kappa shape index (κ2) is 6.59. The fourth-order valence-corrected chi connectivity index (χ4v) is 2.32. The van der Waals surface area contributed by atoms with E-state index in [0.29, 0.717) is 34.7 Å². The molecular formula is C15H16N6O4. The van der Waals surface area contributed by atoms with E-state index in [4.69, 9.17) is 9.26 Å². The maximum atomic E-state index is 11.2. The van der Waals surface area contributed by atoms with Crippen LogP contribution < -0.4 is 10.1 Å². The SMILES string of the molecule is Cc1nc(COc2ccc(Nc3c([N+](=O)[O-])c(C)nn3C)cc2)no1. The molecule has 0 bridgehead atoms. The standard InChI is InChI=1S/C15H16N6O4/c1-9-14(21(22)23)15(20(3)18-9)17-11-4-6-12(7-5-11)24-8-13-16-10(2)25-19-13/h4-7,17H,8H2,1-3H3. The molecule has 0 aliphatic rings. The number of nitro groups is 1.